The number of pyridine rings is 1. The van der Waals surface area contributed by atoms with Crippen molar-refractivity contribution in [2.45, 2.75) is 38.8 Å². The Morgan fingerprint density at radius 1 is 1.40 bits per heavy atom. The molecule has 0 spiro atoms. The first kappa shape index (κ1) is 18.9. The quantitative estimate of drug-likeness (QED) is 0.814. The molecular formula is C13H18N2NaO4. The molecule has 0 aliphatic carbocycles. The van der Waals surface area contributed by atoms with Crippen molar-refractivity contribution in [3.63, 3.8) is 0 Å². The molecule has 1 atom stereocenters. The van der Waals surface area contributed by atoms with E-state index in [4.69, 9.17) is 9.84 Å². The van der Waals surface area contributed by atoms with Crippen LogP contribution in [0.4, 0.5) is 4.79 Å². The molecule has 0 bridgehead atoms. The maximum Gasteiger partial charge on any atom is 0.408 e. The molecule has 105 valence electrons. The van der Waals surface area contributed by atoms with Crippen molar-refractivity contribution in [1.29, 1.82) is 0 Å². The SMILES string of the molecule is CC(C)(C)OC(=O)NC(Cc1ccccn1)C(=O)O.[Na]. The van der Waals surface area contributed by atoms with E-state index in [0.29, 0.717) is 5.69 Å². The van der Waals surface area contributed by atoms with Crippen molar-refractivity contribution >= 4 is 41.6 Å². The van der Waals surface area contributed by atoms with Crippen molar-refractivity contribution in [3.8, 4) is 0 Å². The van der Waals surface area contributed by atoms with E-state index in [-0.39, 0.29) is 36.0 Å². The van der Waals surface area contributed by atoms with Gasteiger partial charge in [0.2, 0.25) is 0 Å². The number of hydrogen-bond donors (Lipinski definition) is 2. The predicted octanol–water partition coefficient (Wildman–Crippen LogP) is 1.22. The minimum absolute atomic E-state index is 0. The maximum atomic E-state index is 11.5. The van der Waals surface area contributed by atoms with Gasteiger partial charge in [-0.05, 0) is 32.9 Å². The summed E-state index contributed by atoms with van der Waals surface area (Å²) in [6, 6.07) is 4.13. The van der Waals surface area contributed by atoms with Crippen LogP contribution in [0.3, 0.4) is 0 Å². The van der Waals surface area contributed by atoms with Crippen molar-refractivity contribution in [2.75, 3.05) is 0 Å². The van der Waals surface area contributed by atoms with E-state index >= 15 is 0 Å². The topological polar surface area (TPSA) is 88.5 Å². The van der Waals surface area contributed by atoms with E-state index in [1.54, 1.807) is 45.2 Å². The number of carbonyl (C=O) groups is 2. The number of carboxylic acids is 1. The largest absolute Gasteiger partial charge is 0.480 e. The summed E-state index contributed by atoms with van der Waals surface area (Å²) in [5.41, 5.74) is -0.0797. The first-order chi connectivity index (χ1) is 8.78. The Hall–Kier alpha value is -1.11. The third-order valence-corrected chi connectivity index (χ3v) is 2.13. The van der Waals surface area contributed by atoms with Crippen LogP contribution in [0.1, 0.15) is 26.5 Å². The minimum atomic E-state index is -1.13. The van der Waals surface area contributed by atoms with Gasteiger partial charge in [0, 0.05) is 47.9 Å². The Kier molecular flexibility index (Phi) is 7.78. The smallest absolute Gasteiger partial charge is 0.408 e. The summed E-state index contributed by atoms with van der Waals surface area (Å²) >= 11 is 0. The number of aromatic nitrogens is 1. The summed E-state index contributed by atoms with van der Waals surface area (Å²) in [5, 5.41) is 11.4. The number of hydrogen-bond acceptors (Lipinski definition) is 4. The van der Waals surface area contributed by atoms with Gasteiger partial charge in [-0.25, -0.2) is 9.59 Å². The zero-order valence-corrected chi connectivity index (χ0v) is 14.2. The van der Waals surface area contributed by atoms with E-state index in [0.717, 1.165) is 0 Å². The van der Waals surface area contributed by atoms with Crippen molar-refractivity contribution < 1.29 is 19.4 Å². The molecule has 0 fully saturated rings. The molecular weight excluding hydrogens is 271 g/mol. The normalized spacial score (nSPS) is 11.9. The van der Waals surface area contributed by atoms with Gasteiger partial charge in [0.05, 0.1) is 0 Å². The molecule has 0 aliphatic rings. The fourth-order valence-electron chi connectivity index (χ4n) is 1.38. The number of nitrogens with one attached hydrogen (secondary N) is 1. The van der Waals surface area contributed by atoms with Gasteiger partial charge in [-0.2, -0.15) is 0 Å². The average Bonchev–Trinajstić information content (AvgIpc) is 2.26. The number of aliphatic carboxylic acids is 1. The molecule has 1 radical (unpaired) electrons. The van der Waals surface area contributed by atoms with Gasteiger partial charge >= 0.3 is 12.1 Å². The van der Waals surface area contributed by atoms with Gasteiger partial charge in [0.1, 0.15) is 11.6 Å². The number of rotatable bonds is 4. The summed E-state index contributed by atoms with van der Waals surface area (Å²) in [7, 11) is 0. The summed E-state index contributed by atoms with van der Waals surface area (Å²) < 4.78 is 5.02. The summed E-state index contributed by atoms with van der Waals surface area (Å²) in [5.74, 6) is -1.13. The summed E-state index contributed by atoms with van der Waals surface area (Å²) in [4.78, 5) is 26.7. The van der Waals surface area contributed by atoms with Crippen LogP contribution >= 0.6 is 0 Å². The zero-order valence-electron chi connectivity index (χ0n) is 12.2. The standard InChI is InChI=1S/C13H18N2O4.Na/c1-13(2,3)19-12(18)15-10(11(16)17)8-9-6-4-5-7-14-9;/h4-7,10H,8H2,1-3H3,(H,15,18)(H,16,17);. The third-order valence-electron chi connectivity index (χ3n) is 2.13. The van der Waals surface area contributed by atoms with E-state index < -0.39 is 23.7 Å². The first-order valence-electron chi connectivity index (χ1n) is 5.90. The molecule has 7 heteroatoms. The van der Waals surface area contributed by atoms with Gasteiger partial charge in [-0.1, -0.05) is 6.07 Å². The average molecular weight is 289 g/mol. The number of ether oxygens (including phenoxy) is 1. The van der Waals surface area contributed by atoms with Crippen LogP contribution in [0.2, 0.25) is 0 Å². The van der Waals surface area contributed by atoms with Gasteiger partial charge in [-0.15, -0.1) is 0 Å². The van der Waals surface area contributed by atoms with Gasteiger partial charge in [-0.3, -0.25) is 4.98 Å². The molecule has 1 aromatic rings. The van der Waals surface area contributed by atoms with Gasteiger partial charge in [0.25, 0.3) is 0 Å². The third kappa shape index (κ3) is 7.47. The second-order valence-corrected chi connectivity index (χ2v) is 5.06. The molecule has 1 unspecified atom stereocenters. The van der Waals surface area contributed by atoms with Crippen LogP contribution in [-0.2, 0) is 16.0 Å². The molecule has 1 amide bonds. The molecule has 0 aliphatic heterocycles. The second kappa shape index (κ2) is 8.24. The molecule has 1 heterocycles. The van der Waals surface area contributed by atoms with Crippen molar-refractivity contribution in [1.82, 2.24) is 10.3 Å². The number of nitrogens with zero attached hydrogens (tertiary/aromatic N) is 1. The van der Waals surface area contributed by atoms with Gasteiger partial charge in [0.15, 0.2) is 0 Å². The predicted molar refractivity (Wildman–Crippen MR) is 74.5 cm³/mol. The molecule has 6 nitrogen and oxygen atoms in total. The first-order valence-corrected chi connectivity index (χ1v) is 5.90. The van der Waals surface area contributed by atoms with Crippen LogP contribution in [0.25, 0.3) is 0 Å². The van der Waals surface area contributed by atoms with E-state index in [2.05, 4.69) is 10.3 Å². The summed E-state index contributed by atoms with van der Waals surface area (Å²) in [6.07, 6.45) is 0.924. The Labute approximate surface area is 140 Å². The minimum Gasteiger partial charge on any atom is -0.480 e. The zero-order chi connectivity index (χ0) is 14.5. The molecule has 1 aromatic heterocycles. The molecule has 0 saturated carbocycles. The fraction of sp³-hybridized carbons (Fsp3) is 0.462. The number of carboxylic acid groups (broad SMARTS) is 1. The van der Waals surface area contributed by atoms with E-state index in [1.807, 2.05) is 0 Å². The fourth-order valence-corrected chi connectivity index (χ4v) is 1.38. The van der Waals surface area contributed by atoms with Crippen LogP contribution in [0, 0.1) is 0 Å². The van der Waals surface area contributed by atoms with E-state index in [9.17, 15) is 9.59 Å². The summed E-state index contributed by atoms with van der Waals surface area (Å²) in [6.45, 7) is 5.13. The number of amides is 1. The molecule has 0 saturated heterocycles. The Balaban J connectivity index is 0.00000361. The maximum absolute atomic E-state index is 11.5. The molecule has 1 rings (SSSR count). The second-order valence-electron chi connectivity index (χ2n) is 5.06. The molecule has 2 N–H and O–H groups in total. The van der Waals surface area contributed by atoms with Crippen LogP contribution < -0.4 is 5.32 Å². The van der Waals surface area contributed by atoms with Crippen molar-refractivity contribution in [2.24, 2.45) is 0 Å². The van der Waals surface area contributed by atoms with Crippen LogP contribution in [0.15, 0.2) is 24.4 Å². The number of alkyl carbamates (subject to hydrolysis) is 1. The van der Waals surface area contributed by atoms with Gasteiger partial charge < -0.3 is 15.2 Å². The monoisotopic (exact) mass is 289 g/mol. The van der Waals surface area contributed by atoms with Crippen LogP contribution in [0.5, 0.6) is 0 Å². The number of carbonyl (C=O) groups excluding carboxylic acids is 1. The molecule has 20 heavy (non-hydrogen) atoms. The Morgan fingerprint density at radius 3 is 2.50 bits per heavy atom. The van der Waals surface area contributed by atoms with Crippen molar-refractivity contribution in [3.05, 3.63) is 30.1 Å². The Morgan fingerprint density at radius 2 is 2.05 bits per heavy atom. The molecule has 0 aromatic carbocycles. The van der Waals surface area contributed by atoms with Crippen LogP contribution in [-0.4, -0.2) is 63.4 Å². The van der Waals surface area contributed by atoms with E-state index in [1.165, 1.54) is 0 Å². The Bertz CT molecular complexity index is 445.